The number of thiazole rings is 1. The first-order valence-electron chi connectivity index (χ1n) is 5.76. The SMILES string of the molecule is CC1c2ccccc2CN1Cc1cnc(N)s1. The first-order valence-corrected chi connectivity index (χ1v) is 6.58. The molecule has 2 heterocycles. The molecule has 3 nitrogen and oxygen atoms in total. The van der Waals surface area contributed by atoms with Crippen LogP contribution in [0.5, 0.6) is 0 Å². The molecule has 1 aliphatic rings. The van der Waals surface area contributed by atoms with E-state index in [-0.39, 0.29) is 0 Å². The van der Waals surface area contributed by atoms with Crippen molar-refractivity contribution in [3.63, 3.8) is 0 Å². The molecule has 0 fully saturated rings. The molecule has 1 atom stereocenters. The minimum atomic E-state index is 0.481. The van der Waals surface area contributed by atoms with Crippen LogP contribution in [0.3, 0.4) is 0 Å². The van der Waals surface area contributed by atoms with Crippen LogP contribution < -0.4 is 5.73 Å². The summed E-state index contributed by atoms with van der Waals surface area (Å²) in [5, 5.41) is 0.657. The van der Waals surface area contributed by atoms with Crippen molar-refractivity contribution in [1.82, 2.24) is 9.88 Å². The Hall–Kier alpha value is -1.39. The van der Waals surface area contributed by atoms with E-state index >= 15 is 0 Å². The summed E-state index contributed by atoms with van der Waals surface area (Å²) in [7, 11) is 0. The largest absolute Gasteiger partial charge is 0.375 e. The maximum atomic E-state index is 5.66. The first-order chi connectivity index (χ1) is 8.24. The highest BCUT2D eigenvalue weighted by atomic mass is 32.1. The molecule has 0 radical (unpaired) electrons. The van der Waals surface area contributed by atoms with Gasteiger partial charge in [-0.3, -0.25) is 4.90 Å². The van der Waals surface area contributed by atoms with E-state index < -0.39 is 0 Å². The maximum Gasteiger partial charge on any atom is 0.180 e. The van der Waals surface area contributed by atoms with E-state index in [1.54, 1.807) is 11.3 Å². The Labute approximate surface area is 105 Å². The maximum absolute atomic E-state index is 5.66. The number of aromatic nitrogens is 1. The van der Waals surface area contributed by atoms with Crippen LogP contribution in [0.2, 0.25) is 0 Å². The molecule has 4 heteroatoms. The summed E-state index contributed by atoms with van der Waals surface area (Å²) in [4.78, 5) is 7.80. The number of rotatable bonds is 2. The fraction of sp³-hybridized carbons (Fsp3) is 0.308. The van der Waals surface area contributed by atoms with Gasteiger partial charge in [0.25, 0.3) is 0 Å². The Bertz CT molecular complexity index is 535. The second-order valence-electron chi connectivity index (χ2n) is 4.44. The molecule has 2 N–H and O–H groups in total. The molecule has 17 heavy (non-hydrogen) atoms. The molecule has 1 aromatic heterocycles. The number of hydrogen-bond donors (Lipinski definition) is 1. The predicted molar refractivity (Wildman–Crippen MR) is 70.6 cm³/mol. The van der Waals surface area contributed by atoms with Gasteiger partial charge in [-0.25, -0.2) is 4.98 Å². The lowest BCUT2D eigenvalue weighted by atomic mass is 10.1. The highest BCUT2D eigenvalue weighted by molar-refractivity contribution is 7.15. The van der Waals surface area contributed by atoms with Gasteiger partial charge in [0, 0.05) is 30.2 Å². The van der Waals surface area contributed by atoms with Crippen LogP contribution in [-0.4, -0.2) is 9.88 Å². The van der Waals surface area contributed by atoms with Crippen LogP contribution in [0.15, 0.2) is 30.5 Å². The lowest BCUT2D eigenvalue weighted by molar-refractivity contribution is 0.222. The fourth-order valence-corrected chi connectivity index (χ4v) is 3.14. The lowest BCUT2D eigenvalue weighted by Gasteiger charge is -2.20. The molecule has 0 spiro atoms. The molecular weight excluding hydrogens is 230 g/mol. The van der Waals surface area contributed by atoms with Crippen LogP contribution in [0.25, 0.3) is 0 Å². The molecule has 1 unspecified atom stereocenters. The van der Waals surface area contributed by atoms with E-state index in [2.05, 4.69) is 41.1 Å². The minimum Gasteiger partial charge on any atom is -0.375 e. The normalized spacial score (nSPS) is 19.5. The van der Waals surface area contributed by atoms with Crippen molar-refractivity contribution in [2.24, 2.45) is 0 Å². The Morgan fingerprint density at radius 1 is 1.47 bits per heavy atom. The van der Waals surface area contributed by atoms with Gasteiger partial charge in [-0.2, -0.15) is 0 Å². The van der Waals surface area contributed by atoms with E-state index in [9.17, 15) is 0 Å². The highest BCUT2D eigenvalue weighted by Gasteiger charge is 2.26. The summed E-state index contributed by atoms with van der Waals surface area (Å²) < 4.78 is 0. The molecule has 3 rings (SSSR count). The molecule has 1 aliphatic heterocycles. The third-order valence-corrected chi connectivity index (χ3v) is 4.17. The van der Waals surface area contributed by atoms with Gasteiger partial charge in [0.1, 0.15) is 0 Å². The van der Waals surface area contributed by atoms with Crippen molar-refractivity contribution < 1.29 is 0 Å². The van der Waals surface area contributed by atoms with Crippen molar-refractivity contribution in [2.45, 2.75) is 26.1 Å². The van der Waals surface area contributed by atoms with Crippen molar-refractivity contribution in [3.05, 3.63) is 46.5 Å². The Morgan fingerprint density at radius 3 is 3.00 bits per heavy atom. The summed E-state index contributed by atoms with van der Waals surface area (Å²) in [5.74, 6) is 0. The topological polar surface area (TPSA) is 42.2 Å². The molecular formula is C13H15N3S. The van der Waals surface area contributed by atoms with E-state index in [0.29, 0.717) is 11.2 Å². The number of hydrogen-bond acceptors (Lipinski definition) is 4. The van der Waals surface area contributed by atoms with Gasteiger partial charge in [-0.1, -0.05) is 24.3 Å². The predicted octanol–water partition coefficient (Wildman–Crippen LogP) is 2.80. The minimum absolute atomic E-state index is 0.481. The fourth-order valence-electron chi connectivity index (χ4n) is 2.43. The van der Waals surface area contributed by atoms with Crippen LogP contribution in [0.1, 0.15) is 29.0 Å². The zero-order valence-corrected chi connectivity index (χ0v) is 10.6. The number of nitrogens with zero attached hydrogens (tertiary/aromatic N) is 2. The molecule has 0 aliphatic carbocycles. The second kappa shape index (κ2) is 4.13. The average Bonchev–Trinajstić information content (AvgIpc) is 2.86. The Kier molecular flexibility index (Phi) is 2.61. The number of nitrogen functional groups attached to an aromatic ring is 1. The molecule has 0 amide bonds. The van der Waals surface area contributed by atoms with Crippen molar-refractivity contribution in [2.75, 3.05) is 5.73 Å². The van der Waals surface area contributed by atoms with Crippen molar-refractivity contribution in [3.8, 4) is 0 Å². The molecule has 1 aromatic carbocycles. The van der Waals surface area contributed by atoms with Gasteiger partial charge in [0.15, 0.2) is 5.13 Å². The number of nitrogens with two attached hydrogens (primary N) is 1. The van der Waals surface area contributed by atoms with Gasteiger partial charge in [-0.15, -0.1) is 11.3 Å². The Morgan fingerprint density at radius 2 is 2.29 bits per heavy atom. The Balaban J connectivity index is 1.80. The zero-order chi connectivity index (χ0) is 11.8. The summed E-state index contributed by atoms with van der Waals surface area (Å²) in [5.41, 5.74) is 8.55. The lowest BCUT2D eigenvalue weighted by Crippen LogP contribution is -2.18. The average molecular weight is 245 g/mol. The van der Waals surface area contributed by atoms with Crippen molar-refractivity contribution in [1.29, 1.82) is 0 Å². The quantitative estimate of drug-likeness (QED) is 0.884. The number of benzene rings is 1. The monoisotopic (exact) mass is 245 g/mol. The standard InChI is InChI=1S/C13H15N3S/c1-9-12-5-3-2-4-10(12)7-16(9)8-11-6-15-13(14)17-11/h2-6,9H,7-8H2,1H3,(H2,14,15). The van der Waals surface area contributed by atoms with Crippen molar-refractivity contribution >= 4 is 16.5 Å². The molecule has 2 aromatic rings. The van der Waals surface area contributed by atoms with Gasteiger partial charge in [0.2, 0.25) is 0 Å². The zero-order valence-electron chi connectivity index (χ0n) is 9.76. The van der Waals surface area contributed by atoms with E-state index in [1.165, 1.54) is 16.0 Å². The molecule has 88 valence electrons. The third-order valence-electron chi connectivity index (χ3n) is 3.36. The van der Waals surface area contributed by atoms with Gasteiger partial charge in [0.05, 0.1) is 0 Å². The molecule has 0 saturated carbocycles. The summed E-state index contributed by atoms with van der Waals surface area (Å²) >= 11 is 1.58. The highest BCUT2D eigenvalue weighted by Crippen LogP contribution is 2.34. The van der Waals surface area contributed by atoms with Crippen LogP contribution in [0.4, 0.5) is 5.13 Å². The number of fused-ring (bicyclic) bond motifs is 1. The summed E-state index contributed by atoms with van der Waals surface area (Å²) in [6.07, 6.45) is 1.88. The van der Waals surface area contributed by atoms with Gasteiger partial charge >= 0.3 is 0 Å². The number of anilines is 1. The summed E-state index contributed by atoms with van der Waals surface area (Å²) in [6.45, 7) is 4.22. The van der Waals surface area contributed by atoms with E-state index in [4.69, 9.17) is 5.73 Å². The van der Waals surface area contributed by atoms with Crippen LogP contribution in [-0.2, 0) is 13.1 Å². The molecule has 0 saturated heterocycles. The van der Waals surface area contributed by atoms with E-state index in [1.807, 2.05) is 6.20 Å². The smallest absolute Gasteiger partial charge is 0.180 e. The van der Waals surface area contributed by atoms with Crippen LogP contribution in [0, 0.1) is 0 Å². The second-order valence-corrected chi connectivity index (χ2v) is 5.59. The van der Waals surface area contributed by atoms with Gasteiger partial charge < -0.3 is 5.73 Å². The third kappa shape index (κ3) is 1.94. The van der Waals surface area contributed by atoms with E-state index in [0.717, 1.165) is 13.1 Å². The summed E-state index contributed by atoms with van der Waals surface area (Å²) in [6, 6.07) is 9.14. The first kappa shape index (κ1) is 10.7. The molecule has 0 bridgehead atoms. The van der Waals surface area contributed by atoms with Crippen LogP contribution >= 0.6 is 11.3 Å². The van der Waals surface area contributed by atoms with Gasteiger partial charge in [-0.05, 0) is 18.1 Å².